The van der Waals surface area contributed by atoms with Gasteiger partial charge in [0, 0.05) is 29.5 Å². The molecule has 1 aliphatic rings. The number of aryl methyl sites for hydroxylation is 1. The lowest BCUT2D eigenvalue weighted by atomic mass is 10.0. The molecular formula is C31H26N4OS. The third kappa shape index (κ3) is 4.47. The SMILES string of the molecule is Cc1ccccc1Oc1ccc(N2C(=S)N[C@@H](c3ccccn3)[C@H]2c2cccn2-c2ccccc2)cc1. The van der Waals surface area contributed by atoms with Gasteiger partial charge in [0.25, 0.3) is 0 Å². The number of anilines is 1. The number of ether oxygens (including phenoxy) is 1. The minimum atomic E-state index is -0.117. The van der Waals surface area contributed by atoms with Gasteiger partial charge in [-0.15, -0.1) is 0 Å². The van der Waals surface area contributed by atoms with Crippen molar-refractivity contribution >= 4 is 23.0 Å². The van der Waals surface area contributed by atoms with Crippen molar-refractivity contribution in [3.63, 3.8) is 0 Å². The lowest BCUT2D eigenvalue weighted by molar-refractivity contribution is 0.479. The van der Waals surface area contributed by atoms with Crippen LogP contribution in [0.2, 0.25) is 0 Å². The van der Waals surface area contributed by atoms with Crippen LogP contribution in [0.15, 0.2) is 122 Å². The predicted molar refractivity (Wildman–Crippen MR) is 151 cm³/mol. The number of pyridine rings is 1. The quantitative estimate of drug-likeness (QED) is 0.250. The fraction of sp³-hybridized carbons (Fsp3) is 0.0968. The zero-order chi connectivity index (χ0) is 25.2. The van der Waals surface area contributed by atoms with E-state index in [1.807, 2.05) is 73.8 Å². The number of nitrogens with zero attached hydrogens (tertiary/aromatic N) is 3. The van der Waals surface area contributed by atoms with Crippen LogP contribution in [0.1, 0.15) is 29.0 Å². The Balaban J connectivity index is 1.39. The van der Waals surface area contributed by atoms with Crippen molar-refractivity contribution in [1.29, 1.82) is 0 Å². The van der Waals surface area contributed by atoms with Crippen molar-refractivity contribution in [3.05, 3.63) is 139 Å². The molecule has 37 heavy (non-hydrogen) atoms. The molecule has 0 aliphatic carbocycles. The van der Waals surface area contributed by atoms with Crippen LogP contribution in [0.5, 0.6) is 11.5 Å². The predicted octanol–water partition coefficient (Wildman–Crippen LogP) is 7.15. The van der Waals surface area contributed by atoms with Crippen LogP contribution in [-0.2, 0) is 0 Å². The molecule has 6 rings (SSSR count). The van der Waals surface area contributed by atoms with Crippen LogP contribution < -0.4 is 15.0 Å². The number of rotatable bonds is 6. The molecule has 0 amide bonds. The number of nitrogens with one attached hydrogen (secondary N) is 1. The first-order valence-corrected chi connectivity index (χ1v) is 12.7. The topological polar surface area (TPSA) is 42.3 Å². The van der Waals surface area contributed by atoms with E-state index in [0.29, 0.717) is 5.11 Å². The van der Waals surface area contributed by atoms with Gasteiger partial charge in [0.05, 0.1) is 11.7 Å². The summed E-state index contributed by atoms with van der Waals surface area (Å²) in [5, 5.41) is 4.21. The molecule has 2 aromatic heterocycles. The third-order valence-electron chi connectivity index (χ3n) is 6.65. The molecule has 0 spiro atoms. The van der Waals surface area contributed by atoms with Gasteiger partial charge in [-0.25, -0.2) is 0 Å². The highest BCUT2D eigenvalue weighted by atomic mass is 32.1. The average Bonchev–Trinajstić information content (AvgIpc) is 3.56. The van der Waals surface area contributed by atoms with Crippen LogP contribution in [0.3, 0.4) is 0 Å². The smallest absolute Gasteiger partial charge is 0.174 e. The Morgan fingerprint density at radius 1 is 0.784 bits per heavy atom. The van der Waals surface area contributed by atoms with Crippen molar-refractivity contribution in [2.75, 3.05) is 4.90 Å². The van der Waals surface area contributed by atoms with E-state index in [0.717, 1.165) is 39.8 Å². The van der Waals surface area contributed by atoms with E-state index in [9.17, 15) is 0 Å². The molecule has 3 aromatic carbocycles. The molecule has 182 valence electrons. The molecule has 3 heterocycles. The minimum absolute atomic E-state index is 0.110. The van der Waals surface area contributed by atoms with E-state index < -0.39 is 0 Å². The van der Waals surface area contributed by atoms with Crippen LogP contribution >= 0.6 is 12.2 Å². The lowest BCUT2D eigenvalue weighted by Crippen LogP contribution is -2.30. The van der Waals surface area contributed by atoms with Crippen molar-refractivity contribution in [1.82, 2.24) is 14.9 Å². The van der Waals surface area contributed by atoms with Gasteiger partial charge in [-0.05, 0) is 91.4 Å². The molecular weight excluding hydrogens is 476 g/mol. The molecule has 6 heteroatoms. The van der Waals surface area contributed by atoms with Crippen LogP contribution in [0.4, 0.5) is 5.69 Å². The normalized spacial score (nSPS) is 17.0. The van der Waals surface area contributed by atoms with E-state index in [1.54, 1.807) is 0 Å². The van der Waals surface area contributed by atoms with Gasteiger partial charge >= 0.3 is 0 Å². The first-order chi connectivity index (χ1) is 18.2. The summed E-state index contributed by atoms with van der Waals surface area (Å²) in [5.74, 6) is 1.63. The molecule has 0 unspecified atom stereocenters. The monoisotopic (exact) mass is 502 g/mol. The summed E-state index contributed by atoms with van der Waals surface area (Å²) in [6, 6.07) is 36.5. The van der Waals surface area contributed by atoms with Gasteiger partial charge in [0.15, 0.2) is 5.11 Å². The Kier molecular flexibility index (Phi) is 6.16. The second kappa shape index (κ2) is 9.91. The zero-order valence-corrected chi connectivity index (χ0v) is 21.2. The van der Waals surface area contributed by atoms with Gasteiger partial charge in [-0.1, -0.05) is 42.5 Å². The molecule has 5 nitrogen and oxygen atoms in total. The first-order valence-electron chi connectivity index (χ1n) is 12.3. The fourth-order valence-electron chi connectivity index (χ4n) is 4.86. The fourth-order valence-corrected chi connectivity index (χ4v) is 5.21. The van der Waals surface area contributed by atoms with Crippen LogP contribution in [0, 0.1) is 6.92 Å². The Morgan fingerprint density at radius 3 is 2.30 bits per heavy atom. The van der Waals surface area contributed by atoms with Gasteiger partial charge in [0.2, 0.25) is 0 Å². The largest absolute Gasteiger partial charge is 0.457 e. The third-order valence-corrected chi connectivity index (χ3v) is 6.97. The highest BCUT2D eigenvalue weighted by Crippen LogP contribution is 2.42. The van der Waals surface area contributed by atoms with Crippen molar-refractivity contribution in [3.8, 4) is 17.2 Å². The van der Waals surface area contributed by atoms with E-state index >= 15 is 0 Å². The second-order valence-corrected chi connectivity index (χ2v) is 9.38. The molecule has 0 saturated carbocycles. The summed E-state index contributed by atoms with van der Waals surface area (Å²) in [6.07, 6.45) is 3.92. The summed E-state index contributed by atoms with van der Waals surface area (Å²) in [7, 11) is 0. The Morgan fingerprint density at radius 2 is 1.54 bits per heavy atom. The molecule has 1 N–H and O–H groups in total. The summed E-state index contributed by atoms with van der Waals surface area (Å²) < 4.78 is 8.36. The maximum atomic E-state index is 6.14. The van der Waals surface area contributed by atoms with Gasteiger partial charge in [-0.2, -0.15) is 0 Å². The molecule has 1 fully saturated rings. The van der Waals surface area contributed by atoms with Crippen LogP contribution in [-0.4, -0.2) is 14.7 Å². The second-order valence-electron chi connectivity index (χ2n) is 9.00. The molecule has 0 bridgehead atoms. The number of hydrogen-bond donors (Lipinski definition) is 1. The van der Waals surface area contributed by atoms with E-state index in [4.69, 9.17) is 17.0 Å². The van der Waals surface area contributed by atoms with Gasteiger partial charge < -0.3 is 19.5 Å². The highest BCUT2D eigenvalue weighted by Gasteiger charge is 2.42. The Bertz CT molecular complexity index is 1520. The van der Waals surface area contributed by atoms with E-state index in [2.05, 4.69) is 74.5 Å². The molecule has 1 aliphatic heterocycles. The average molecular weight is 503 g/mol. The summed E-state index contributed by atoms with van der Waals surface area (Å²) >= 11 is 5.91. The molecule has 1 saturated heterocycles. The van der Waals surface area contributed by atoms with Crippen molar-refractivity contribution < 1.29 is 4.74 Å². The Hall–Kier alpha value is -4.42. The maximum Gasteiger partial charge on any atom is 0.174 e. The van der Waals surface area contributed by atoms with E-state index in [1.165, 1.54) is 0 Å². The first kappa shape index (κ1) is 23.0. The number of para-hydroxylation sites is 2. The van der Waals surface area contributed by atoms with Gasteiger partial charge in [0.1, 0.15) is 17.5 Å². The molecule has 5 aromatic rings. The number of thiocarbonyl (C=S) groups is 1. The van der Waals surface area contributed by atoms with Gasteiger partial charge in [-0.3, -0.25) is 4.98 Å². The highest BCUT2D eigenvalue weighted by molar-refractivity contribution is 7.80. The zero-order valence-electron chi connectivity index (χ0n) is 20.4. The van der Waals surface area contributed by atoms with Crippen molar-refractivity contribution in [2.45, 2.75) is 19.0 Å². The summed E-state index contributed by atoms with van der Waals surface area (Å²) in [4.78, 5) is 6.86. The standard InChI is InChI=1S/C31H26N4OS/c1-22-10-5-6-15-28(22)36-25-18-16-24(17-19-25)35-30(29(33-31(35)37)26-13-7-8-20-32-26)27-14-9-21-34(27)23-11-3-2-4-12-23/h2-21,29-30H,1H3,(H,33,37)/t29-,30+/m0/s1. The number of aromatic nitrogens is 2. The number of hydrogen-bond acceptors (Lipinski definition) is 3. The Labute approximate surface area is 222 Å². The number of benzene rings is 3. The van der Waals surface area contributed by atoms with Crippen LogP contribution in [0.25, 0.3) is 5.69 Å². The lowest BCUT2D eigenvalue weighted by Gasteiger charge is -2.29. The maximum absolute atomic E-state index is 6.14. The minimum Gasteiger partial charge on any atom is -0.457 e. The summed E-state index contributed by atoms with van der Waals surface area (Å²) in [5.41, 5.74) is 5.24. The molecule has 0 radical (unpaired) electrons. The molecule has 2 atom stereocenters. The van der Waals surface area contributed by atoms with Crippen molar-refractivity contribution in [2.24, 2.45) is 0 Å². The summed E-state index contributed by atoms with van der Waals surface area (Å²) in [6.45, 7) is 2.04. The van der Waals surface area contributed by atoms with E-state index in [-0.39, 0.29) is 12.1 Å².